The molecule has 4 nitrogen and oxygen atoms in total. The molecule has 0 bridgehead atoms. The van der Waals surface area contributed by atoms with Crippen molar-refractivity contribution in [1.82, 2.24) is 10.2 Å². The monoisotopic (exact) mass is 544 g/mol. The predicted molar refractivity (Wildman–Crippen MR) is 146 cm³/mol. The molecule has 0 aromatic heterocycles. The highest BCUT2D eigenvalue weighted by Crippen LogP contribution is 2.25. The van der Waals surface area contributed by atoms with Crippen LogP contribution >= 0.6 is 23.4 Å². The van der Waals surface area contributed by atoms with Crippen molar-refractivity contribution in [3.8, 4) is 0 Å². The van der Waals surface area contributed by atoms with Crippen LogP contribution in [0.2, 0.25) is 5.02 Å². The van der Waals surface area contributed by atoms with Crippen LogP contribution in [0.15, 0.2) is 72.8 Å². The zero-order valence-electron chi connectivity index (χ0n) is 20.8. The number of hydrogen-bond acceptors (Lipinski definition) is 3. The lowest BCUT2D eigenvalue weighted by atomic mass is 10.0. The summed E-state index contributed by atoms with van der Waals surface area (Å²) in [7, 11) is 0. The molecule has 0 radical (unpaired) electrons. The Hall–Kier alpha value is -2.90. The first-order valence-corrected chi connectivity index (χ1v) is 13.8. The minimum absolute atomic E-state index is 0.0272. The number of halogens is 3. The summed E-state index contributed by atoms with van der Waals surface area (Å²) in [6.07, 6.45) is 2.08. The Morgan fingerprint density at radius 2 is 1.70 bits per heavy atom. The molecule has 0 aliphatic carbocycles. The van der Waals surface area contributed by atoms with E-state index < -0.39 is 11.9 Å². The molecular formula is C29H31ClF2N2O2S. The number of carbonyl (C=O) groups is 2. The maximum atomic E-state index is 14.2. The van der Waals surface area contributed by atoms with Crippen LogP contribution in [-0.4, -0.2) is 35.1 Å². The smallest absolute Gasteiger partial charge is 0.243 e. The third kappa shape index (κ3) is 8.86. The molecule has 0 saturated heterocycles. The fourth-order valence-corrected chi connectivity index (χ4v) is 5.09. The van der Waals surface area contributed by atoms with Crippen molar-refractivity contribution < 1.29 is 18.4 Å². The van der Waals surface area contributed by atoms with Crippen LogP contribution in [0.25, 0.3) is 0 Å². The Bertz CT molecular complexity index is 1140. The molecule has 0 aliphatic rings. The summed E-state index contributed by atoms with van der Waals surface area (Å²) in [5.74, 6) is -1.07. The standard InChI is InChI=1S/C29H31ClF2N2O2S/c1-2-3-16-33-29(36)27(17-21-8-5-4-6-9-21)34(18-22-12-14-23(31)15-13-22)28(35)20-37-19-24-25(30)10-7-11-26(24)32/h4-15,27H,2-3,16-20H2,1H3,(H,33,36)/t27-/m0/s1. The summed E-state index contributed by atoms with van der Waals surface area (Å²) in [4.78, 5) is 28.5. The van der Waals surface area contributed by atoms with Gasteiger partial charge in [-0.2, -0.15) is 0 Å². The third-order valence-corrected chi connectivity index (χ3v) is 7.20. The number of unbranched alkanes of at least 4 members (excludes halogenated alkanes) is 1. The van der Waals surface area contributed by atoms with Crippen molar-refractivity contribution in [2.45, 2.75) is 44.5 Å². The largest absolute Gasteiger partial charge is 0.354 e. The molecule has 1 N–H and O–H groups in total. The lowest BCUT2D eigenvalue weighted by Crippen LogP contribution is -2.51. The highest BCUT2D eigenvalue weighted by Gasteiger charge is 2.30. The Balaban J connectivity index is 1.84. The van der Waals surface area contributed by atoms with Gasteiger partial charge in [-0.15, -0.1) is 11.8 Å². The highest BCUT2D eigenvalue weighted by molar-refractivity contribution is 7.99. The number of hydrogen-bond donors (Lipinski definition) is 1. The summed E-state index contributed by atoms with van der Waals surface area (Å²) in [5.41, 5.74) is 1.96. The first-order chi connectivity index (χ1) is 17.9. The van der Waals surface area contributed by atoms with Gasteiger partial charge in [-0.1, -0.05) is 73.5 Å². The molecule has 0 fully saturated rings. The maximum absolute atomic E-state index is 14.2. The average Bonchev–Trinajstić information content (AvgIpc) is 2.89. The molecule has 0 heterocycles. The molecule has 3 aromatic rings. The first-order valence-electron chi connectivity index (χ1n) is 12.2. The van der Waals surface area contributed by atoms with E-state index in [-0.39, 0.29) is 35.7 Å². The molecule has 3 aromatic carbocycles. The van der Waals surface area contributed by atoms with Crippen molar-refractivity contribution in [2.75, 3.05) is 12.3 Å². The van der Waals surface area contributed by atoms with E-state index in [0.29, 0.717) is 29.1 Å². The van der Waals surface area contributed by atoms with Gasteiger partial charge >= 0.3 is 0 Å². The van der Waals surface area contributed by atoms with E-state index in [9.17, 15) is 18.4 Å². The van der Waals surface area contributed by atoms with Crippen LogP contribution in [0, 0.1) is 11.6 Å². The molecule has 37 heavy (non-hydrogen) atoms. The summed E-state index contributed by atoms with van der Waals surface area (Å²) in [5, 5.41) is 3.27. The number of amides is 2. The van der Waals surface area contributed by atoms with Crippen LogP contribution in [0.5, 0.6) is 0 Å². The molecular weight excluding hydrogens is 514 g/mol. The van der Waals surface area contributed by atoms with E-state index in [1.807, 2.05) is 37.3 Å². The lowest BCUT2D eigenvalue weighted by molar-refractivity contribution is -0.139. The summed E-state index contributed by atoms with van der Waals surface area (Å²) >= 11 is 7.37. The van der Waals surface area contributed by atoms with Crippen LogP contribution in [-0.2, 0) is 28.3 Å². The number of nitrogens with zero attached hydrogens (tertiary/aromatic N) is 1. The van der Waals surface area contributed by atoms with Gasteiger partial charge in [-0.25, -0.2) is 8.78 Å². The molecule has 0 aliphatic heterocycles. The topological polar surface area (TPSA) is 49.4 Å². The summed E-state index contributed by atoms with van der Waals surface area (Å²) < 4.78 is 27.7. The van der Waals surface area contributed by atoms with Crippen molar-refractivity contribution in [2.24, 2.45) is 0 Å². The number of rotatable bonds is 13. The van der Waals surface area contributed by atoms with Gasteiger partial charge < -0.3 is 10.2 Å². The summed E-state index contributed by atoms with van der Waals surface area (Å²) in [6.45, 7) is 2.69. The van der Waals surface area contributed by atoms with Crippen LogP contribution in [0.3, 0.4) is 0 Å². The molecule has 0 spiro atoms. The van der Waals surface area contributed by atoms with Crippen LogP contribution < -0.4 is 5.32 Å². The van der Waals surface area contributed by atoms with E-state index in [1.165, 1.54) is 40.9 Å². The second-order valence-corrected chi connectivity index (χ2v) is 10.1. The predicted octanol–water partition coefficient (Wildman–Crippen LogP) is 6.41. The van der Waals surface area contributed by atoms with Gasteiger partial charge in [-0.05, 0) is 41.8 Å². The molecule has 0 unspecified atom stereocenters. The number of nitrogens with one attached hydrogen (secondary N) is 1. The number of thioether (sulfide) groups is 1. The van der Waals surface area contributed by atoms with Crippen molar-refractivity contribution in [1.29, 1.82) is 0 Å². The number of benzene rings is 3. The molecule has 1 atom stereocenters. The second kappa shape index (κ2) is 14.7. The zero-order valence-corrected chi connectivity index (χ0v) is 22.3. The van der Waals surface area contributed by atoms with E-state index in [0.717, 1.165) is 18.4 Å². The Morgan fingerprint density at radius 3 is 2.38 bits per heavy atom. The SMILES string of the molecule is CCCCNC(=O)[C@H](Cc1ccccc1)N(Cc1ccc(F)cc1)C(=O)CSCc1c(F)cccc1Cl. The fraction of sp³-hybridized carbons (Fsp3) is 0.310. The number of carbonyl (C=O) groups excluding carboxylic acids is 2. The Labute approximate surface area is 226 Å². The minimum Gasteiger partial charge on any atom is -0.354 e. The first kappa shape index (κ1) is 28.7. The van der Waals surface area contributed by atoms with E-state index >= 15 is 0 Å². The maximum Gasteiger partial charge on any atom is 0.243 e. The van der Waals surface area contributed by atoms with Gasteiger partial charge in [0.1, 0.15) is 17.7 Å². The normalized spacial score (nSPS) is 11.7. The highest BCUT2D eigenvalue weighted by atomic mass is 35.5. The van der Waals surface area contributed by atoms with Gasteiger partial charge in [0.2, 0.25) is 11.8 Å². The van der Waals surface area contributed by atoms with Crippen molar-refractivity contribution >= 4 is 35.2 Å². The van der Waals surface area contributed by atoms with Crippen molar-refractivity contribution in [3.63, 3.8) is 0 Å². The molecule has 8 heteroatoms. The van der Waals surface area contributed by atoms with E-state index in [1.54, 1.807) is 18.2 Å². The minimum atomic E-state index is -0.769. The van der Waals surface area contributed by atoms with Gasteiger partial charge in [0.05, 0.1) is 5.75 Å². The zero-order chi connectivity index (χ0) is 26.6. The summed E-state index contributed by atoms with van der Waals surface area (Å²) in [6, 6.07) is 19.1. The van der Waals surface area contributed by atoms with Gasteiger partial charge in [0, 0.05) is 35.8 Å². The van der Waals surface area contributed by atoms with E-state index in [2.05, 4.69) is 5.32 Å². The fourth-order valence-electron chi connectivity index (χ4n) is 3.84. The van der Waals surface area contributed by atoms with Gasteiger partial charge in [-0.3, -0.25) is 9.59 Å². The molecule has 0 saturated carbocycles. The van der Waals surface area contributed by atoms with E-state index in [4.69, 9.17) is 11.6 Å². The van der Waals surface area contributed by atoms with Gasteiger partial charge in [0.15, 0.2) is 0 Å². The van der Waals surface area contributed by atoms with Crippen molar-refractivity contribution in [3.05, 3.63) is 106 Å². The molecule has 3 rings (SSSR count). The van der Waals surface area contributed by atoms with Crippen LogP contribution in [0.4, 0.5) is 8.78 Å². The Kier molecular flexibility index (Phi) is 11.4. The molecule has 2 amide bonds. The average molecular weight is 545 g/mol. The third-order valence-electron chi connectivity index (χ3n) is 5.90. The lowest BCUT2D eigenvalue weighted by Gasteiger charge is -2.31. The van der Waals surface area contributed by atoms with Crippen LogP contribution in [0.1, 0.15) is 36.5 Å². The Morgan fingerprint density at radius 1 is 0.973 bits per heavy atom. The quantitative estimate of drug-likeness (QED) is 0.253. The van der Waals surface area contributed by atoms with Gasteiger partial charge in [0.25, 0.3) is 0 Å². The molecule has 196 valence electrons. The second-order valence-electron chi connectivity index (χ2n) is 8.69.